The van der Waals surface area contributed by atoms with Gasteiger partial charge in [0.2, 0.25) is 0 Å². The highest BCUT2D eigenvalue weighted by molar-refractivity contribution is 5.92. The fourth-order valence-corrected chi connectivity index (χ4v) is 3.17. The molecule has 5 heteroatoms. The highest BCUT2D eigenvalue weighted by Gasteiger charge is 2.17. The predicted molar refractivity (Wildman–Crippen MR) is 98.7 cm³/mol. The fraction of sp³-hybridized carbons (Fsp3) is 0.381. The van der Waals surface area contributed by atoms with Gasteiger partial charge in [-0.25, -0.2) is 0 Å². The maximum absolute atomic E-state index is 11.5. The van der Waals surface area contributed by atoms with E-state index in [0.29, 0.717) is 23.7 Å². The van der Waals surface area contributed by atoms with E-state index in [1.807, 2.05) is 24.3 Å². The number of carbonyl (C=O) groups is 1. The molecular weight excluding hydrogens is 332 g/mol. The van der Waals surface area contributed by atoms with Gasteiger partial charge < -0.3 is 18.9 Å². The molecule has 1 heterocycles. The highest BCUT2D eigenvalue weighted by atomic mass is 16.7. The molecular formula is C21H24O5. The van der Waals surface area contributed by atoms with Gasteiger partial charge in [0.25, 0.3) is 0 Å². The molecule has 1 aliphatic heterocycles. The van der Waals surface area contributed by atoms with Crippen LogP contribution in [-0.4, -0.2) is 33.4 Å². The molecule has 3 rings (SSSR count). The number of hydrogen-bond donors (Lipinski definition) is 0. The Kier molecular flexibility index (Phi) is 6.26. The number of methoxy groups -OCH3 is 2. The maximum atomic E-state index is 11.5. The first kappa shape index (κ1) is 18.4. The molecule has 2 aromatic rings. The van der Waals surface area contributed by atoms with Crippen molar-refractivity contribution in [2.24, 2.45) is 0 Å². The minimum absolute atomic E-state index is 0.134. The van der Waals surface area contributed by atoms with Gasteiger partial charge in [-0.1, -0.05) is 24.3 Å². The third-order valence-corrected chi connectivity index (χ3v) is 4.51. The highest BCUT2D eigenvalue weighted by Crippen LogP contribution is 2.39. The topological polar surface area (TPSA) is 54.0 Å². The monoisotopic (exact) mass is 356 g/mol. The Morgan fingerprint density at radius 1 is 1.12 bits per heavy atom. The molecule has 1 atom stereocenters. The van der Waals surface area contributed by atoms with E-state index in [9.17, 15) is 4.79 Å². The molecule has 1 aliphatic rings. The summed E-state index contributed by atoms with van der Waals surface area (Å²) in [6.07, 6.45) is 3.86. The molecule has 26 heavy (non-hydrogen) atoms. The SMILES string of the molecule is COc1cc(COC2CCCCO2)ccc1-c1c(C=O)cccc1OC. The van der Waals surface area contributed by atoms with E-state index in [4.69, 9.17) is 18.9 Å². The first-order valence-corrected chi connectivity index (χ1v) is 8.79. The molecule has 0 spiro atoms. The zero-order valence-electron chi connectivity index (χ0n) is 15.2. The largest absolute Gasteiger partial charge is 0.496 e. The van der Waals surface area contributed by atoms with Gasteiger partial charge in [-0.15, -0.1) is 0 Å². The number of aldehydes is 1. The van der Waals surface area contributed by atoms with Crippen molar-refractivity contribution in [3.05, 3.63) is 47.5 Å². The molecule has 0 saturated carbocycles. The lowest BCUT2D eigenvalue weighted by molar-refractivity contribution is -0.168. The standard InChI is InChI=1S/C21H24O5/c1-23-18-7-5-6-16(13-22)21(18)17-10-9-15(12-19(17)24-2)14-26-20-8-3-4-11-25-20/h5-7,9-10,12-13,20H,3-4,8,11,14H2,1-2H3. The third kappa shape index (κ3) is 4.06. The van der Waals surface area contributed by atoms with Crippen LogP contribution in [0.2, 0.25) is 0 Å². The second-order valence-electron chi connectivity index (χ2n) is 6.18. The zero-order valence-corrected chi connectivity index (χ0v) is 15.2. The van der Waals surface area contributed by atoms with Crippen LogP contribution in [0.1, 0.15) is 35.2 Å². The number of carbonyl (C=O) groups excluding carboxylic acids is 1. The van der Waals surface area contributed by atoms with Crippen molar-refractivity contribution in [2.75, 3.05) is 20.8 Å². The van der Waals surface area contributed by atoms with Gasteiger partial charge in [0, 0.05) is 23.3 Å². The number of hydrogen-bond acceptors (Lipinski definition) is 5. The molecule has 2 aromatic carbocycles. The molecule has 138 valence electrons. The zero-order chi connectivity index (χ0) is 18.4. The van der Waals surface area contributed by atoms with Crippen LogP contribution in [0.15, 0.2) is 36.4 Å². The lowest BCUT2D eigenvalue weighted by Gasteiger charge is -2.23. The molecule has 0 amide bonds. The lowest BCUT2D eigenvalue weighted by atomic mass is 9.97. The van der Waals surface area contributed by atoms with Gasteiger partial charge in [0.05, 0.1) is 20.8 Å². The predicted octanol–water partition coefficient (Wildman–Crippen LogP) is 4.23. The molecule has 1 fully saturated rings. The summed E-state index contributed by atoms with van der Waals surface area (Å²) in [5.41, 5.74) is 3.08. The van der Waals surface area contributed by atoms with E-state index in [0.717, 1.165) is 48.8 Å². The minimum Gasteiger partial charge on any atom is -0.496 e. The van der Waals surface area contributed by atoms with Gasteiger partial charge in [-0.3, -0.25) is 4.79 Å². The van der Waals surface area contributed by atoms with Gasteiger partial charge in [0.1, 0.15) is 11.5 Å². The molecule has 5 nitrogen and oxygen atoms in total. The molecule has 1 unspecified atom stereocenters. The summed E-state index contributed by atoms with van der Waals surface area (Å²) in [6.45, 7) is 1.21. The average Bonchev–Trinajstić information content (AvgIpc) is 2.72. The van der Waals surface area contributed by atoms with E-state index in [1.165, 1.54) is 0 Å². The average molecular weight is 356 g/mol. The van der Waals surface area contributed by atoms with Crippen LogP contribution in [0.5, 0.6) is 11.5 Å². The van der Waals surface area contributed by atoms with E-state index in [-0.39, 0.29) is 6.29 Å². The van der Waals surface area contributed by atoms with Crippen molar-refractivity contribution in [2.45, 2.75) is 32.2 Å². The Bertz CT molecular complexity index is 750. The quantitative estimate of drug-likeness (QED) is 0.695. The molecule has 0 radical (unpaired) electrons. The van der Waals surface area contributed by atoms with Crippen molar-refractivity contribution in [1.29, 1.82) is 0 Å². The van der Waals surface area contributed by atoms with Gasteiger partial charge in [0.15, 0.2) is 12.6 Å². The maximum Gasteiger partial charge on any atom is 0.158 e. The Morgan fingerprint density at radius 3 is 2.65 bits per heavy atom. The Balaban J connectivity index is 1.86. The minimum atomic E-state index is -0.134. The van der Waals surface area contributed by atoms with Gasteiger partial charge in [-0.05, 0) is 37.0 Å². The lowest BCUT2D eigenvalue weighted by Crippen LogP contribution is -2.22. The van der Waals surface area contributed by atoms with Gasteiger partial charge >= 0.3 is 0 Å². The first-order chi connectivity index (χ1) is 12.8. The van der Waals surface area contributed by atoms with Crippen LogP contribution in [0.4, 0.5) is 0 Å². The van der Waals surface area contributed by atoms with Crippen molar-refractivity contribution >= 4 is 6.29 Å². The summed E-state index contributed by atoms with van der Waals surface area (Å²) >= 11 is 0. The van der Waals surface area contributed by atoms with Crippen LogP contribution < -0.4 is 9.47 Å². The summed E-state index contributed by atoms with van der Waals surface area (Å²) in [5, 5.41) is 0. The second-order valence-corrected chi connectivity index (χ2v) is 6.18. The van der Waals surface area contributed by atoms with Crippen molar-refractivity contribution < 1.29 is 23.7 Å². The normalized spacial score (nSPS) is 16.9. The van der Waals surface area contributed by atoms with Crippen LogP contribution in [0.3, 0.4) is 0 Å². The molecule has 0 bridgehead atoms. The van der Waals surface area contributed by atoms with Crippen LogP contribution in [0, 0.1) is 0 Å². The molecule has 0 aliphatic carbocycles. The smallest absolute Gasteiger partial charge is 0.158 e. The van der Waals surface area contributed by atoms with Crippen LogP contribution in [0.25, 0.3) is 11.1 Å². The number of rotatable bonds is 7. The van der Waals surface area contributed by atoms with Crippen molar-refractivity contribution in [3.63, 3.8) is 0 Å². The summed E-state index contributed by atoms with van der Waals surface area (Å²) in [4.78, 5) is 11.5. The van der Waals surface area contributed by atoms with E-state index in [2.05, 4.69) is 0 Å². The summed E-state index contributed by atoms with van der Waals surface area (Å²) in [7, 11) is 3.20. The summed E-state index contributed by atoms with van der Waals surface area (Å²) < 4.78 is 22.5. The Hall–Kier alpha value is -2.37. The molecule has 0 N–H and O–H groups in total. The van der Waals surface area contributed by atoms with Crippen molar-refractivity contribution in [3.8, 4) is 22.6 Å². The second kappa shape index (κ2) is 8.83. The summed E-state index contributed by atoms with van der Waals surface area (Å²) in [6, 6.07) is 11.2. The number of benzene rings is 2. The number of ether oxygens (including phenoxy) is 4. The van der Waals surface area contributed by atoms with Crippen LogP contribution in [-0.2, 0) is 16.1 Å². The van der Waals surface area contributed by atoms with Crippen LogP contribution >= 0.6 is 0 Å². The third-order valence-electron chi connectivity index (χ3n) is 4.51. The Morgan fingerprint density at radius 2 is 1.96 bits per heavy atom. The van der Waals surface area contributed by atoms with Gasteiger partial charge in [-0.2, -0.15) is 0 Å². The van der Waals surface area contributed by atoms with Crippen molar-refractivity contribution in [1.82, 2.24) is 0 Å². The van der Waals surface area contributed by atoms with E-state index >= 15 is 0 Å². The fourth-order valence-electron chi connectivity index (χ4n) is 3.17. The van der Waals surface area contributed by atoms with E-state index in [1.54, 1.807) is 26.4 Å². The summed E-state index contributed by atoms with van der Waals surface area (Å²) in [5.74, 6) is 1.30. The Labute approximate surface area is 153 Å². The molecule has 0 aromatic heterocycles. The first-order valence-electron chi connectivity index (χ1n) is 8.79. The molecule has 1 saturated heterocycles. The van der Waals surface area contributed by atoms with E-state index < -0.39 is 0 Å².